The van der Waals surface area contributed by atoms with Gasteiger partial charge in [-0.25, -0.2) is 4.79 Å². The molecular formula is C22H20N2O5. The molecule has 0 aliphatic rings. The van der Waals surface area contributed by atoms with Crippen molar-refractivity contribution in [2.24, 2.45) is 0 Å². The highest BCUT2D eigenvalue weighted by Gasteiger charge is 2.21. The van der Waals surface area contributed by atoms with Gasteiger partial charge in [-0.15, -0.1) is 0 Å². The lowest BCUT2D eigenvalue weighted by molar-refractivity contribution is 0.0984. The molecule has 1 amide bonds. The average molecular weight is 392 g/mol. The molecule has 0 saturated heterocycles. The molecular weight excluding hydrogens is 372 g/mol. The lowest BCUT2D eigenvalue weighted by Gasteiger charge is -2.23. The SMILES string of the molecule is CCOC(=O)Oc1ccc(C(=O)N(Cc2ccccn2)c2ccccc2O)cc1. The Labute approximate surface area is 168 Å². The van der Waals surface area contributed by atoms with Crippen LogP contribution in [0, 0.1) is 0 Å². The minimum Gasteiger partial charge on any atom is -0.506 e. The van der Waals surface area contributed by atoms with Crippen LogP contribution in [0.2, 0.25) is 0 Å². The molecule has 1 N–H and O–H groups in total. The maximum atomic E-state index is 13.2. The number of aromatic nitrogens is 1. The molecule has 1 heterocycles. The summed E-state index contributed by atoms with van der Waals surface area (Å²) in [6.07, 6.45) is 0.835. The average Bonchev–Trinajstić information content (AvgIpc) is 2.74. The second kappa shape index (κ2) is 9.36. The van der Waals surface area contributed by atoms with Gasteiger partial charge in [0.25, 0.3) is 5.91 Å². The van der Waals surface area contributed by atoms with Gasteiger partial charge in [0.05, 0.1) is 24.5 Å². The maximum absolute atomic E-state index is 13.2. The number of nitrogens with zero attached hydrogens (tertiary/aromatic N) is 2. The van der Waals surface area contributed by atoms with Gasteiger partial charge < -0.3 is 14.6 Å². The molecule has 3 rings (SSSR count). The van der Waals surface area contributed by atoms with Crippen molar-refractivity contribution in [2.45, 2.75) is 13.5 Å². The van der Waals surface area contributed by atoms with Crippen molar-refractivity contribution in [1.29, 1.82) is 0 Å². The molecule has 1 aromatic heterocycles. The highest BCUT2D eigenvalue weighted by molar-refractivity contribution is 6.06. The number of hydrogen-bond donors (Lipinski definition) is 1. The van der Waals surface area contributed by atoms with Gasteiger partial charge in [-0.3, -0.25) is 14.7 Å². The Bertz CT molecular complexity index is 974. The molecule has 7 heteroatoms. The molecule has 3 aromatic rings. The molecule has 0 fully saturated rings. The first-order chi connectivity index (χ1) is 14.1. The van der Waals surface area contributed by atoms with Crippen molar-refractivity contribution in [3.63, 3.8) is 0 Å². The minimum atomic E-state index is -0.808. The van der Waals surface area contributed by atoms with Gasteiger partial charge >= 0.3 is 6.16 Å². The molecule has 0 unspecified atom stereocenters. The van der Waals surface area contributed by atoms with Crippen LogP contribution in [0.3, 0.4) is 0 Å². The topological polar surface area (TPSA) is 89.0 Å². The van der Waals surface area contributed by atoms with E-state index in [1.165, 1.54) is 23.1 Å². The Hall–Kier alpha value is -3.87. The smallest absolute Gasteiger partial charge is 0.506 e. The highest BCUT2D eigenvalue weighted by atomic mass is 16.7. The standard InChI is InChI=1S/C22H20N2O5/c1-2-28-22(27)29-18-12-10-16(11-13-18)21(26)24(15-17-7-5-6-14-23-17)19-8-3-4-9-20(19)25/h3-14,25H,2,15H2,1H3. The number of anilines is 1. The van der Waals surface area contributed by atoms with E-state index in [0.29, 0.717) is 16.9 Å². The predicted octanol–water partition coefficient (Wildman–Crippen LogP) is 4.17. The zero-order valence-electron chi connectivity index (χ0n) is 15.8. The van der Waals surface area contributed by atoms with Gasteiger partial charge in [0.2, 0.25) is 0 Å². The Morgan fingerprint density at radius 1 is 1.00 bits per heavy atom. The summed E-state index contributed by atoms with van der Waals surface area (Å²) >= 11 is 0. The first-order valence-corrected chi connectivity index (χ1v) is 9.03. The third-order valence-corrected chi connectivity index (χ3v) is 4.03. The van der Waals surface area contributed by atoms with Crippen LogP contribution in [-0.2, 0) is 11.3 Å². The second-order valence-electron chi connectivity index (χ2n) is 6.01. The monoisotopic (exact) mass is 392 g/mol. The van der Waals surface area contributed by atoms with E-state index in [1.807, 2.05) is 6.07 Å². The van der Waals surface area contributed by atoms with Crippen molar-refractivity contribution in [3.8, 4) is 11.5 Å². The summed E-state index contributed by atoms with van der Waals surface area (Å²) in [5.74, 6) is -0.0854. The number of carbonyl (C=O) groups excluding carboxylic acids is 2. The summed E-state index contributed by atoms with van der Waals surface area (Å²) in [5, 5.41) is 10.3. The number of pyridine rings is 1. The Balaban J connectivity index is 1.86. The van der Waals surface area contributed by atoms with Crippen LogP contribution in [0.5, 0.6) is 11.5 Å². The van der Waals surface area contributed by atoms with Crippen LogP contribution in [0.1, 0.15) is 23.0 Å². The number of phenolic OH excluding ortho intramolecular Hbond substituents is 1. The van der Waals surface area contributed by atoms with Crippen molar-refractivity contribution < 1.29 is 24.2 Å². The van der Waals surface area contributed by atoms with Crippen molar-refractivity contribution >= 4 is 17.7 Å². The third kappa shape index (κ3) is 5.10. The molecule has 2 aromatic carbocycles. The van der Waals surface area contributed by atoms with Crippen LogP contribution in [0.4, 0.5) is 10.5 Å². The normalized spacial score (nSPS) is 10.2. The zero-order valence-corrected chi connectivity index (χ0v) is 15.8. The van der Waals surface area contributed by atoms with E-state index in [4.69, 9.17) is 9.47 Å². The fourth-order valence-corrected chi connectivity index (χ4v) is 2.68. The molecule has 148 valence electrons. The van der Waals surface area contributed by atoms with Crippen LogP contribution < -0.4 is 9.64 Å². The first kappa shape index (κ1) is 19.9. The van der Waals surface area contributed by atoms with Crippen molar-refractivity contribution in [2.75, 3.05) is 11.5 Å². The van der Waals surface area contributed by atoms with E-state index in [2.05, 4.69) is 4.98 Å². The summed E-state index contributed by atoms with van der Waals surface area (Å²) in [6, 6.07) is 18.1. The van der Waals surface area contributed by atoms with Crippen LogP contribution in [0.15, 0.2) is 72.9 Å². The number of ether oxygens (including phenoxy) is 2. The summed E-state index contributed by atoms with van der Waals surface area (Å²) in [6.45, 7) is 2.06. The molecule has 7 nitrogen and oxygen atoms in total. The van der Waals surface area contributed by atoms with Crippen LogP contribution >= 0.6 is 0 Å². The largest absolute Gasteiger partial charge is 0.513 e. The van der Waals surface area contributed by atoms with Gasteiger partial charge in [-0.2, -0.15) is 0 Å². The second-order valence-corrected chi connectivity index (χ2v) is 6.01. The van der Waals surface area contributed by atoms with Crippen LogP contribution in [-0.4, -0.2) is 28.8 Å². The van der Waals surface area contributed by atoms with Gasteiger partial charge in [-0.1, -0.05) is 18.2 Å². The Morgan fingerprint density at radius 3 is 2.38 bits per heavy atom. The first-order valence-electron chi connectivity index (χ1n) is 9.03. The van der Waals surface area contributed by atoms with E-state index in [-0.39, 0.29) is 30.6 Å². The third-order valence-electron chi connectivity index (χ3n) is 4.03. The Morgan fingerprint density at radius 2 is 1.72 bits per heavy atom. The maximum Gasteiger partial charge on any atom is 0.513 e. The molecule has 0 spiro atoms. The molecule has 0 radical (unpaired) electrons. The summed E-state index contributed by atoms with van der Waals surface area (Å²) in [7, 11) is 0. The van der Waals surface area contributed by atoms with Crippen LogP contribution in [0.25, 0.3) is 0 Å². The molecule has 0 atom stereocenters. The molecule has 29 heavy (non-hydrogen) atoms. The fraction of sp³-hybridized carbons (Fsp3) is 0.136. The zero-order chi connectivity index (χ0) is 20.6. The van der Waals surface area contributed by atoms with E-state index in [9.17, 15) is 14.7 Å². The Kier molecular flexibility index (Phi) is 6.42. The number of phenols is 1. The van der Waals surface area contributed by atoms with Gasteiger partial charge in [0.15, 0.2) is 0 Å². The molecule has 0 aliphatic heterocycles. The van der Waals surface area contributed by atoms with Gasteiger partial charge in [-0.05, 0) is 55.5 Å². The number of carbonyl (C=O) groups is 2. The van der Waals surface area contributed by atoms with E-state index in [1.54, 1.807) is 55.6 Å². The predicted molar refractivity (Wildman–Crippen MR) is 107 cm³/mol. The number of amides is 1. The highest BCUT2D eigenvalue weighted by Crippen LogP contribution is 2.29. The summed E-state index contributed by atoms with van der Waals surface area (Å²) in [5.41, 5.74) is 1.40. The lowest BCUT2D eigenvalue weighted by Crippen LogP contribution is -2.30. The summed E-state index contributed by atoms with van der Waals surface area (Å²) in [4.78, 5) is 30.3. The fourth-order valence-electron chi connectivity index (χ4n) is 2.68. The number of aromatic hydroxyl groups is 1. The van der Waals surface area contributed by atoms with Gasteiger partial charge in [0.1, 0.15) is 11.5 Å². The van der Waals surface area contributed by atoms with E-state index in [0.717, 1.165) is 0 Å². The minimum absolute atomic E-state index is 0.0148. The van der Waals surface area contributed by atoms with Crippen molar-refractivity contribution in [1.82, 2.24) is 4.98 Å². The van der Waals surface area contributed by atoms with E-state index >= 15 is 0 Å². The number of benzene rings is 2. The van der Waals surface area contributed by atoms with E-state index < -0.39 is 6.16 Å². The van der Waals surface area contributed by atoms with Gasteiger partial charge in [0, 0.05) is 11.8 Å². The number of rotatable bonds is 6. The van der Waals surface area contributed by atoms with Crippen molar-refractivity contribution in [3.05, 3.63) is 84.2 Å². The quantitative estimate of drug-likeness (QED) is 0.500. The molecule has 0 aliphatic carbocycles. The number of para-hydroxylation sites is 2. The molecule has 0 saturated carbocycles. The summed E-state index contributed by atoms with van der Waals surface area (Å²) < 4.78 is 9.74. The molecule has 0 bridgehead atoms. The number of hydrogen-bond acceptors (Lipinski definition) is 6. The lowest BCUT2D eigenvalue weighted by atomic mass is 10.1.